The van der Waals surface area contributed by atoms with Crippen LogP contribution in [0.15, 0.2) is 67.1 Å². The molecule has 11 nitrogen and oxygen atoms in total. The minimum absolute atomic E-state index is 0.120. The number of ether oxygens (including phenoxy) is 2. The number of carbonyl (C=O) groups excluding carboxylic acids is 1. The predicted molar refractivity (Wildman–Crippen MR) is 182 cm³/mol. The molecule has 4 aromatic rings. The van der Waals surface area contributed by atoms with Gasteiger partial charge in [-0.2, -0.15) is 10.4 Å². The van der Waals surface area contributed by atoms with Crippen LogP contribution < -0.4 is 9.64 Å². The Bertz CT molecular complexity index is 1900. The van der Waals surface area contributed by atoms with Gasteiger partial charge in [0.05, 0.1) is 47.1 Å². The molecule has 2 bridgehead atoms. The van der Waals surface area contributed by atoms with Crippen LogP contribution in [-0.2, 0) is 14.9 Å². The highest BCUT2D eigenvalue weighted by Gasteiger charge is 2.55. The molecular weight excluding hydrogens is 618 g/mol. The summed E-state index contributed by atoms with van der Waals surface area (Å²) in [6, 6.07) is 18.9. The Balaban J connectivity index is 0.906. The number of aromatic nitrogens is 3. The highest BCUT2D eigenvalue weighted by Crippen LogP contribution is 2.52. The van der Waals surface area contributed by atoms with Crippen LogP contribution in [0.3, 0.4) is 0 Å². The maximum Gasteiger partial charge on any atom is 0.234 e. The molecule has 8 heterocycles. The van der Waals surface area contributed by atoms with Crippen molar-refractivity contribution in [2.75, 3.05) is 57.4 Å². The van der Waals surface area contributed by atoms with E-state index >= 15 is 0 Å². The molecule has 1 N–H and O–H groups in total. The maximum absolute atomic E-state index is 14.3. The van der Waals surface area contributed by atoms with Gasteiger partial charge < -0.3 is 24.4 Å². The third-order valence-corrected chi connectivity index (χ3v) is 11.8. The molecule has 6 aliphatic rings. The molecule has 3 atom stereocenters. The molecule has 3 unspecified atom stereocenters. The average Bonchev–Trinajstić information content (AvgIpc) is 3.70. The Kier molecular flexibility index (Phi) is 7.38. The van der Waals surface area contributed by atoms with E-state index in [-0.39, 0.29) is 29.5 Å². The summed E-state index contributed by atoms with van der Waals surface area (Å²) in [5, 5.41) is 24.7. The molecule has 11 heteroatoms. The number of nitrogens with zero attached hydrogens (tertiary/aromatic N) is 7. The Morgan fingerprint density at radius 2 is 1.84 bits per heavy atom. The van der Waals surface area contributed by atoms with Crippen molar-refractivity contribution >= 4 is 17.2 Å². The minimum Gasteiger partial charge on any atom is -0.491 e. The number of hydrogen-bond donors (Lipinski definition) is 1. The van der Waals surface area contributed by atoms with Crippen molar-refractivity contribution < 1.29 is 19.4 Å². The molecule has 10 rings (SSSR count). The van der Waals surface area contributed by atoms with Crippen LogP contribution in [-0.4, -0.2) is 106 Å². The van der Waals surface area contributed by atoms with E-state index < -0.39 is 5.41 Å². The zero-order valence-corrected chi connectivity index (χ0v) is 27.6. The van der Waals surface area contributed by atoms with Gasteiger partial charge in [0.1, 0.15) is 24.2 Å². The summed E-state index contributed by atoms with van der Waals surface area (Å²) in [5.74, 6) is 1.79. The van der Waals surface area contributed by atoms with Crippen molar-refractivity contribution in [1.29, 1.82) is 5.26 Å². The lowest BCUT2D eigenvalue weighted by Gasteiger charge is -2.59. The van der Waals surface area contributed by atoms with Crippen molar-refractivity contribution in [1.82, 2.24) is 24.4 Å². The molecule has 1 aliphatic carbocycles. The summed E-state index contributed by atoms with van der Waals surface area (Å²) in [4.78, 5) is 25.9. The van der Waals surface area contributed by atoms with E-state index in [2.05, 4.69) is 38.0 Å². The third kappa shape index (κ3) is 5.16. The molecule has 252 valence electrons. The summed E-state index contributed by atoms with van der Waals surface area (Å²) in [5.41, 5.74) is 3.62. The number of benzene rings is 1. The van der Waals surface area contributed by atoms with Crippen LogP contribution >= 0.6 is 0 Å². The number of anilines is 1. The van der Waals surface area contributed by atoms with Gasteiger partial charge in [0.2, 0.25) is 5.91 Å². The van der Waals surface area contributed by atoms with Crippen LogP contribution in [0.5, 0.6) is 5.75 Å². The SMILES string of the molecule is N#Cc1cnn2cc(OCCN3CC(O)C4(CC4)C3)cc(-c3ccc(N4CC5CC(C4)N5C(=O)C4(c5ccccc5)CCOCC4)nc3)c12. The largest absolute Gasteiger partial charge is 0.491 e. The van der Waals surface area contributed by atoms with Gasteiger partial charge in [-0.05, 0) is 55.9 Å². The van der Waals surface area contributed by atoms with E-state index in [0.717, 1.165) is 73.5 Å². The maximum atomic E-state index is 14.3. The van der Waals surface area contributed by atoms with E-state index in [4.69, 9.17) is 14.5 Å². The van der Waals surface area contributed by atoms with Gasteiger partial charge >= 0.3 is 0 Å². The van der Waals surface area contributed by atoms with Crippen molar-refractivity contribution in [3.05, 3.63) is 78.2 Å². The number of β-amino-alcohol motifs (C(OH)–C–C–N with tert-alkyl or cyclic N) is 1. The van der Waals surface area contributed by atoms with E-state index in [1.807, 2.05) is 48.8 Å². The van der Waals surface area contributed by atoms with Gasteiger partial charge in [-0.25, -0.2) is 9.50 Å². The Morgan fingerprint density at radius 3 is 2.53 bits per heavy atom. The molecule has 1 spiro atoms. The second-order valence-electron chi connectivity index (χ2n) is 14.6. The number of aliphatic hydroxyl groups excluding tert-OH is 1. The second-order valence-corrected chi connectivity index (χ2v) is 14.6. The van der Waals surface area contributed by atoms with Gasteiger partial charge in [0, 0.05) is 68.7 Å². The second kappa shape index (κ2) is 11.8. The summed E-state index contributed by atoms with van der Waals surface area (Å²) in [6.45, 7) is 5.58. The van der Waals surface area contributed by atoms with Crippen molar-refractivity contribution in [3.63, 3.8) is 0 Å². The molecule has 1 saturated carbocycles. The zero-order valence-electron chi connectivity index (χ0n) is 27.6. The number of pyridine rings is 2. The first-order valence-corrected chi connectivity index (χ1v) is 17.6. The van der Waals surface area contributed by atoms with Crippen LogP contribution in [0.2, 0.25) is 0 Å². The van der Waals surface area contributed by atoms with Gasteiger partial charge in [0.15, 0.2) is 0 Å². The fourth-order valence-electron chi connectivity index (χ4n) is 8.86. The van der Waals surface area contributed by atoms with E-state index in [1.54, 1.807) is 10.7 Å². The van der Waals surface area contributed by atoms with Crippen molar-refractivity contribution in [3.8, 4) is 22.9 Å². The fraction of sp³-hybridized carbons (Fsp3) is 0.474. The quantitative estimate of drug-likeness (QED) is 0.303. The van der Waals surface area contributed by atoms with Gasteiger partial charge in [-0.1, -0.05) is 30.3 Å². The molecule has 6 fully saturated rings. The number of fused-ring (bicyclic) bond motifs is 3. The van der Waals surface area contributed by atoms with Crippen LogP contribution in [0.25, 0.3) is 16.6 Å². The predicted octanol–water partition coefficient (Wildman–Crippen LogP) is 3.64. The molecule has 1 aromatic carbocycles. The Hall–Kier alpha value is -4.50. The molecule has 49 heavy (non-hydrogen) atoms. The molecule has 3 aromatic heterocycles. The molecule has 1 amide bonds. The van der Waals surface area contributed by atoms with Gasteiger partial charge in [-0.15, -0.1) is 0 Å². The van der Waals surface area contributed by atoms with Crippen LogP contribution in [0.4, 0.5) is 5.82 Å². The van der Waals surface area contributed by atoms with Gasteiger partial charge in [0.25, 0.3) is 0 Å². The Morgan fingerprint density at radius 1 is 1.04 bits per heavy atom. The first-order valence-electron chi connectivity index (χ1n) is 17.6. The first-order chi connectivity index (χ1) is 24.0. The number of hydrogen-bond acceptors (Lipinski definition) is 9. The van der Waals surface area contributed by atoms with E-state index in [1.165, 1.54) is 0 Å². The summed E-state index contributed by atoms with van der Waals surface area (Å²) < 4.78 is 13.6. The van der Waals surface area contributed by atoms with Crippen molar-refractivity contribution in [2.24, 2.45) is 5.41 Å². The zero-order chi connectivity index (χ0) is 33.2. The lowest BCUT2D eigenvalue weighted by molar-refractivity contribution is -0.156. The highest BCUT2D eigenvalue weighted by atomic mass is 16.5. The lowest BCUT2D eigenvalue weighted by atomic mass is 9.71. The highest BCUT2D eigenvalue weighted by molar-refractivity contribution is 5.90. The normalized spacial score (nSPS) is 25.3. The number of carbonyl (C=O) groups is 1. The Labute approximate surface area is 285 Å². The van der Waals surface area contributed by atoms with E-state index in [9.17, 15) is 15.2 Å². The fourth-order valence-corrected chi connectivity index (χ4v) is 8.86. The standard InChI is InChI=1S/C38H41N7O4/c39-18-27-20-41-44-23-31(49-15-12-42-24-33(46)37(25-42)8-9-37)17-32(35(27)44)26-6-7-34(40-19-26)43-21-29-16-30(22-43)45(29)36(47)38(10-13-48-14-11-38)28-4-2-1-3-5-28/h1-7,17,19-20,23,29-30,33,46H,8-16,21-22,24-25H2. The van der Waals surface area contributed by atoms with Crippen LogP contribution in [0.1, 0.15) is 43.2 Å². The molecular formula is C38H41N7O4. The monoisotopic (exact) mass is 659 g/mol. The number of piperidine rings is 1. The molecule has 0 radical (unpaired) electrons. The number of aliphatic hydroxyl groups is 1. The average molecular weight is 660 g/mol. The first kappa shape index (κ1) is 30.6. The number of rotatable bonds is 8. The minimum atomic E-state index is -0.520. The topological polar surface area (TPSA) is 119 Å². The van der Waals surface area contributed by atoms with Gasteiger partial charge in [-0.3, -0.25) is 9.69 Å². The van der Waals surface area contributed by atoms with Crippen molar-refractivity contribution in [2.45, 2.75) is 55.7 Å². The number of likely N-dealkylation sites (tertiary alicyclic amines) is 1. The number of piperazine rings is 1. The molecule has 5 aliphatic heterocycles. The molecule has 5 saturated heterocycles. The van der Waals surface area contributed by atoms with Crippen LogP contribution in [0, 0.1) is 16.7 Å². The lowest BCUT2D eigenvalue weighted by Crippen LogP contribution is -2.73. The number of nitriles is 1. The summed E-state index contributed by atoms with van der Waals surface area (Å²) in [6.07, 6.45) is 9.70. The van der Waals surface area contributed by atoms with E-state index in [0.29, 0.717) is 50.5 Å². The smallest absolute Gasteiger partial charge is 0.234 e. The third-order valence-electron chi connectivity index (χ3n) is 11.8. The summed E-state index contributed by atoms with van der Waals surface area (Å²) >= 11 is 0. The number of amides is 1. The summed E-state index contributed by atoms with van der Waals surface area (Å²) in [7, 11) is 0.